The van der Waals surface area contributed by atoms with Gasteiger partial charge in [-0.3, -0.25) is 4.79 Å². The summed E-state index contributed by atoms with van der Waals surface area (Å²) in [5.74, 6) is 1.63. The van der Waals surface area contributed by atoms with Crippen LogP contribution in [0.15, 0.2) is 11.6 Å². The second-order valence-electron chi connectivity index (χ2n) is 10.0. The van der Waals surface area contributed by atoms with Crippen molar-refractivity contribution < 1.29 is 15.0 Å². The minimum absolute atomic E-state index is 0.142. The van der Waals surface area contributed by atoms with Crippen molar-refractivity contribution in [1.29, 1.82) is 0 Å². The van der Waals surface area contributed by atoms with E-state index in [0.29, 0.717) is 17.8 Å². The molecule has 3 saturated carbocycles. The second kappa shape index (κ2) is 5.84. The first kappa shape index (κ1) is 17.6. The van der Waals surface area contributed by atoms with E-state index in [1.807, 2.05) is 6.92 Å². The van der Waals surface area contributed by atoms with Gasteiger partial charge in [-0.2, -0.15) is 0 Å². The van der Waals surface area contributed by atoms with Gasteiger partial charge in [0.1, 0.15) is 0 Å². The topological polar surface area (TPSA) is 57.5 Å². The van der Waals surface area contributed by atoms with Gasteiger partial charge in [0.25, 0.3) is 0 Å². The number of aliphatic hydroxyl groups is 1. The lowest BCUT2D eigenvalue weighted by Gasteiger charge is -2.58. The molecule has 5 unspecified atom stereocenters. The highest BCUT2D eigenvalue weighted by atomic mass is 16.4. The van der Waals surface area contributed by atoms with Gasteiger partial charge in [-0.1, -0.05) is 32.4 Å². The first-order valence-electron chi connectivity index (χ1n) is 10.4. The molecule has 3 heteroatoms. The Morgan fingerprint density at radius 2 is 1.92 bits per heavy atom. The Labute approximate surface area is 151 Å². The summed E-state index contributed by atoms with van der Waals surface area (Å²) in [6.45, 7) is 6.78. The number of fused-ring (bicyclic) bond motifs is 5. The van der Waals surface area contributed by atoms with Crippen LogP contribution in [0.5, 0.6) is 0 Å². The number of rotatable bonds is 2. The summed E-state index contributed by atoms with van der Waals surface area (Å²) in [7, 11) is 0. The van der Waals surface area contributed by atoms with Crippen molar-refractivity contribution in [3.05, 3.63) is 11.6 Å². The van der Waals surface area contributed by atoms with Crippen molar-refractivity contribution in [2.45, 2.75) is 78.2 Å². The van der Waals surface area contributed by atoms with E-state index in [1.165, 1.54) is 24.8 Å². The molecule has 0 bridgehead atoms. The highest BCUT2D eigenvalue weighted by molar-refractivity contribution is 5.70. The Kier molecular flexibility index (Phi) is 4.10. The van der Waals surface area contributed by atoms with Crippen molar-refractivity contribution in [1.82, 2.24) is 0 Å². The summed E-state index contributed by atoms with van der Waals surface area (Å²) >= 11 is 0. The highest BCUT2D eigenvalue weighted by Gasteiger charge is 2.59. The van der Waals surface area contributed by atoms with Crippen LogP contribution in [0.2, 0.25) is 0 Å². The van der Waals surface area contributed by atoms with Gasteiger partial charge in [0.15, 0.2) is 0 Å². The van der Waals surface area contributed by atoms with Crippen LogP contribution in [0.4, 0.5) is 0 Å². The van der Waals surface area contributed by atoms with Crippen LogP contribution >= 0.6 is 0 Å². The van der Waals surface area contributed by atoms with Gasteiger partial charge in [-0.05, 0) is 85.9 Å². The first-order chi connectivity index (χ1) is 11.8. The van der Waals surface area contributed by atoms with Crippen molar-refractivity contribution in [2.24, 2.45) is 40.4 Å². The van der Waals surface area contributed by atoms with Crippen molar-refractivity contribution in [2.75, 3.05) is 0 Å². The van der Waals surface area contributed by atoms with Crippen LogP contribution in [0, 0.1) is 40.4 Å². The van der Waals surface area contributed by atoms with E-state index in [4.69, 9.17) is 0 Å². The molecule has 8 atom stereocenters. The molecule has 0 saturated heterocycles. The number of aliphatic carboxylic acids is 1. The lowest BCUT2D eigenvalue weighted by atomic mass is 9.47. The Balaban J connectivity index is 1.63. The van der Waals surface area contributed by atoms with Crippen molar-refractivity contribution in [3.8, 4) is 0 Å². The van der Waals surface area contributed by atoms with Gasteiger partial charge < -0.3 is 10.2 Å². The quantitative estimate of drug-likeness (QED) is 0.716. The van der Waals surface area contributed by atoms with E-state index in [0.717, 1.165) is 38.0 Å². The molecule has 3 fully saturated rings. The first-order valence-corrected chi connectivity index (χ1v) is 10.4. The van der Waals surface area contributed by atoms with E-state index in [2.05, 4.69) is 19.9 Å². The Bertz CT molecular complexity index is 596. The van der Waals surface area contributed by atoms with E-state index in [-0.39, 0.29) is 22.9 Å². The second-order valence-corrected chi connectivity index (χ2v) is 10.0. The maximum absolute atomic E-state index is 11.6. The Hall–Kier alpha value is -0.830. The zero-order chi connectivity index (χ0) is 18.0. The molecule has 0 aliphatic heterocycles. The Morgan fingerprint density at radius 3 is 2.64 bits per heavy atom. The molecule has 0 amide bonds. The van der Waals surface area contributed by atoms with Gasteiger partial charge >= 0.3 is 5.97 Å². The van der Waals surface area contributed by atoms with Gasteiger partial charge in [0.05, 0.1) is 12.0 Å². The monoisotopic (exact) mass is 346 g/mol. The lowest BCUT2D eigenvalue weighted by molar-refractivity contribution is -0.146. The van der Waals surface area contributed by atoms with Crippen molar-refractivity contribution >= 4 is 5.97 Å². The molecule has 25 heavy (non-hydrogen) atoms. The average molecular weight is 347 g/mol. The fourth-order valence-electron chi connectivity index (χ4n) is 7.68. The van der Waals surface area contributed by atoms with Crippen LogP contribution < -0.4 is 0 Å². The molecule has 140 valence electrons. The lowest BCUT2D eigenvalue weighted by Crippen LogP contribution is -2.51. The summed E-state index contributed by atoms with van der Waals surface area (Å²) in [5.41, 5.74) is 2.00. The molecule has 0 spiro atoms. The van der Waals surface area contributed by atoms with E-state index in [1.54, 1.807) is 0 Å². The largest absolute Gasteiger partial charge is 0.481 e. The number of carboxylic acid groups (broad SMARTS) is 1. The van der Waals surface area contributed by atoms with Gasteiger partial charge in [0.2, 0.25) is 0 Å². The molecule has 4 rings (SSSR count). The fraction of sp³-hybridized carbons (Fsp3) is 0.864. The number of hydrogen-bond acceptors (Lipinski definition) is 2. The predicted octanol–water partition coefficient (Wildman–Crippen LogP) is 4.65. The summed E-state index contributed by atoms with van der Waals surface area (Å²) in [4.78, 5) is 11.6. The normalized spacial score (nSPS) is 50.2. The number of carbonyl (C=O) groups is 1. The predicted molar refractivity (Wildman–Crippen MR) is 98.0 cm³/mol. The standard InChI is InChI=1S/C22H34O3/c1-13(20(24)25)17-6-7-18-16-5-4-14-12-15(23)8-10-21(14,2)19(16)9-11-22(17,18)3/h4,13,15-19,23H,5-12H2,1-3H3,(H,24,25)/t13?,15?,16?,17-,18?,19?,21+,22-/m1/s1. The van der Waals surface area contributed by atoms with Crippen LogP contribution in [0.25, 0.3) is 0 Å². The minimum atomic E-state index is -0.618. The SMILES string of the molecule is CC(C(=O)O)[C@H]1CCC2C3CC=C4CC(O)CC[C@]4(C)C3CC[C@@]21C. The molecule has 3 nitrogen and oxygen atoms in total. The van der Waals surface area contributed by atoms with Crippen LogP contribution in [0.1, 0.15) is 72.1 Å². The zero-order valence-electron chi connectivity index (χ0n) is 16.0. The highest BCUT2D eigenvalue weighted by Crippen LogP contribution is 2.67. The van der Waals surface area contributed by atoms with Crippen LogP contribution in [-0.4, -0.2) is 22.3 Å². The molecule has 0 radical (unpaired) electrons. The number of allylic oxidation sites excluding steroid dienone is 1. The van der Waals surface area contributed by atoms with Gasteiger partial charge in [-0.15, -0.1) is 0 Å². The molecule has 0 aromatic carbocycles. The summed E-state index contributed by atoms with van der Waals surface area (Å²) < 4.78 is 0. The Morgan fingerprint density at radius 1 is 1.16 bits per heavy atom. The summed E-state index contributed by atoms with van der Waals surface area (Å²) in [6.07, 6.45) is 11.1. The molecule has 4 aliphatic carbocycles. The van der Waals surface area contributed by atoms with E-state index < -0.39 is 5.97 Å². The maximum Gasteiger partial charge on any atom is 0.306 e. The number of hydrogen-bond donors (Lipinski definition) is 2. The average Bonchev–Trinajstić information content (AvgIpc) is 2.92. The molecule has 0 aromatic rings. The number of aliphatic hydroxyl groups excluding tert-OH is 1. The molecular formula is C22H34O3. The molecule has 2 N–H and O–H groups in total. The fourth-order valence-corrected chi connectivity index (χ4v) is 7.68. The minimum Gasteiger partial charge on any atom is -0.481 e. The third-order valence-electron chi connectivity index (χ3n) is 9.14. The molecular weight excluding hydrogens is 312 g/mol. The van der Waals surface area contributed by atoms with E-state index >= 15 is 0 Å². The summed E-state index contributed by atoms with van der Waals surface area (Å²) in [5, 5.41) is 19.7. The van der Waals surface area contributed by atoms with E-state index in [9.17, 15) is 15.0 Å². The van der Waals surface area contributed by atoms with Crippen molar-refractivity contribution in [3.63, 3.8) is 0 Å². The molecule has 0 heterocycles. The van der Waals surface area contributed by atoms with Crippen LogP contribution in [-0.2, 0) is 4.79 Å². The maximum atomic E-state index is 11.6. The third-order valence-corrected chi connectivity index (χ3v) is 9.14. The smallest absolute Gasteiger partial charge is 0.306 e. The van der Waals surface area contributed by atoms with Crippen LogP contribution in [0.3, 0.4) is 0 Å². The van der Waals surface area contributed by atoms with Gasteiger partial charge in [0, 0.05) is 0 Å². The molecule has 0 aromatic heterocycles. The molecule has 4 aliphatic rings. The zero-order valence-corrected chi connectivity index (χ0v) is 16.0. The number of carboxylic acids is 1. The summed E-state index contributed by atoms with van der Waals surface area (Å²) in [6, 6.07) is 0. The third kappa shape index (κ3) is 2.44. The van der Waals surface area contributed by atoms with Gasteiger partial charge in [-0.25, -0.2) is 0 Å².